The molecule has 0 aliphatic heterocycles. The predicted molar refractivity (Wildman–Crippen MR) is 128 cm³/mol. The van der Waals surface area contributed by atoms with Crippen molar-refractivity contribution in [2.45, 2.75) is 53.9 Å². The van der Waals surface area contributed by atoms with Gasteiger partial charge < -0.3 is 24.4 Å². The van der Waals surface area contributed by atoms with E-state index in [4.69, 9.17) is 14.2 Å². The highest BCUT2D eigenvalue weighted by Crippen LogP contribution is 2.42. The van der Waals surface area contributed by atoms with E-state index in [2.05, 4.69) is 6.58 Å². The molecule has 0 radical (unpaired) electrons. The molecule has 0 saturated carbocycles. The van der Waals surface area contributed by atoms with Gasteiger partial charge in [0.05, 0.1) is 34.3 Å². The molecule has 3 unspecified atom stereocenters. The van der Waals surface area contributed by atoms with E-state index in [1.54, 1.807) is 20.8 Å². The Morgan fingerprint density at radius 2 is 1.51 bits per heavy atom. The molecule has 3 atom stereocenters. The van der Waals surface area contributed by atoms with Crippen molar-refractivity contribution < 1.29 is 43.6 Å². The first-order valence-corrected chi connectivity index (χ1v) is 11.5. The fourth-order valence-corrected chi connectivity index (χ4v) is 3.92. The van der Waals surface area contributed by atoms with Crippen molar-refractivity contribution >= 4 is 23.9 Å². The summed E-state index contributed by atoms with van der Waals surface area (Å²) in [6, 6.07) is 5.63. The number of hydrogen-bond acceptors (Lipinski definition) is 7. The first-order chi connectivity index (χ1) is 16.3. The van der Waals surface area contributed by atoms with Gasteiger partial charge in [0, 0.05) is 5.92 Å². The van der Waals surface area contributed by atoms with E-state index in [1.165, 1.54) is 24.3 Å². The minimum absolute atomic E-state index is 0.0280. The normalized spacial score (nSPS) is 15.1. The van der Waals surface area contributed by atoms with Gasteiger partial charge in [-0.2, -0.15) is 0 Å². The van der Waals surface area contributed by atoms with E-state index >= 15 is 0 Å². The van der Waals surface area contributed by atoms with Crippen molar-refractivity contribution in [3.8, 4) is 0 Å². The molecule has 9 nitrogen and oxygen atoms in total. The van der Waals surface area contributed by atoms with Gasteiger partial charge in [-0.25, -0.2) is 9.59 Å². The van der Waals surface area contributed by atoms with Crippen LogP contribution in [0.5, 0.6) is 0 Å². The van der Waals surface area contributed by atoms with Crippen molar-refractivity contribution in [1.82, 2.24) is 0 Å². The van der Waals surface area contributed by atoms with Crippen LogP contribution in [-0.2, 0) is 23.8 Å². The van der Waals surface area contributed by atoms with Gasteiger partial charge in [-0.05, 0) is 52.2 Å². The predicted octanol–water partition coefficient (Wildman–Crippen LogP) is 4.56. The fourth-order valence-electron chi connectivity index (χ4n) is 3.92. The Bertz CT molecular complexity index is 939. The van der Waals surface area contributed by atoms with E-state index in [9.17, 15) is 29.4 Å². The Hall–Kier alpha value is -3.36. The topological polar surface area (TPSA) is 136 Å². The molecule has 35 heavy (non-hydrogen) atoms. The van der Waals surface area contributed by atoms with Crippen LogP contribution in [0.25, 0.3) is 0 Å². The zero-order valence-corrected chi connectivity index (χ0v) is 21.1. The first kappa shape index (κ1) is 29.7. The first-order valence-electron chi connectivity index (χ1n) is 11.5. The van der Waals surface area contributed by atoms with Gasteiger partial charge in [0.2, 0.25) is 0 Å². The molecule has 0 aromatic heterocycles. The Labute approximate surface area is 206 Å². The van der Waals surface area contributed by atoms with Crippen molar-refractivity contribution in [3.05, 3.63) is 47.7 Å². The third kappa shape index (κ3) is 8.12. The summed E-state index contributed by atoms with van der Waals surface area (Å²) < 4.78 is 15.8. The molecule has 2 N–H and O–H groups in total. The third-order valence-corrected chi connectivity index (χ3v) is 6.13. The number of carboxylic acids is 2. The average Bonchev–Trinajstić information content (AvgIpc) is 2.81. The van der Waals surface area contributed by atoms with Gasteiger partial charge in [0.1, 0.15) is 13.2 Å². The van der Waals surface area contributed by atoms with Crippen LogP contribution < -0.4 is 0 Å². The fraction of sp³-hybridized carbons (Fsp3) is 0.538. The van der Waals surface area contributed by atoms with E-state index < -0.39 is 34.7 Å². The maximum atomic E-state index is 12.9. The zero-order valence-electron chi connectivity index (χ0n) is 21.1. The number of aromatic carboxylic acids is 1. The number of allylic oxidation sites excluding steroid dienone is 1. The second-order valence-electron chi connectivity index (χ2n) is 9.08. The summed E-state index contributed by atoms with van der Waals surface area (Å²) in [4.78, 5) is 48.6. The molecule has 0 amide bonds. The molecule has 0 fully saturated rings. The Kier molecular flexibility index (Phi) is 11.0. The van der Waals surface area contributed by atoms with E-state index in [1.807, 2.05) is 13.8 Å². The van der Waals surface area contributed by atoms with Crippen LogP contribution in [0.1, 0.15) is 74.6 Å². The van der Waals surface area contributed by atoms with Gasteiger partial charge >= 0.3 is 23.9 Å². The second-order valence-corrected chi connectivity index (χ2v) is 9.08. The number of carbonyl (C=O) groups is 4. The van der Waals surface area contributed by atoms with Crippen molar-refractivity contribution in [2.75, 3.05) is 19.8 Å². The lowest BCUT2D eigenvalue weighted by molar-refractivity contribution is -0.162. The lowest BCUT2D eigenvalue weighted by Gasteiger charge is -2.36. The Morgan fingerprint density at radius 1 is 0.943 bits per heavy atom. The largest absolute Gasteiger partial charge is 0.499 e. The van der Waals surface area contributed by atoms with Gasteiger partial charge in [0.25, 0.3) is 0 Å². The van der Waals surface area contributed by atoms with Crippen molar-refractivity contribution in [3.63, 3.8) is 0 Å². The SMILES string of the molecule is C=C(OCC)C(C)CC(C)(CC(C)(CC)C(=O)OCCOC(=O)c1ccccc1C(=O)O)C(=O)O. The lowest BCUT2D eigenvalue weighted by atomic mass is 9.68. The van der Waals surface area contributed by atoms with Crippen LogP contribution in [0.2, 0.25) is 0 Å². The molecule has 0 aliphatic rings. The maximum Gasteiger partial charge on any atom is 0.339 e. The van der Waals surface area contributed by atoms with Crippen LogP contribution in [0, 0.1) is 16.7 Å². The number of benzene rings is 1. The molecule has 0 spiro atoms. The highest BCUT2D eigenvalue weighted by atomic mass is 16.6. The minimum Gasteiger partial charge on any atom is -0.499 e. The van der Waals surface area contributed by atoms with Crippen LogP contribution in [0.4, 0.5) is 0 Å². The third-order valence-electron chi connectivity index (χ3n) is 6.13. The zero-order chi connectivity index (χ0) is 26.8. The number of carbonyl (C=O) groups excluding carboxylic acids is 2. The van der Waals surface area contributed by atoms with Crippen LogP contribution in [0.15, 0.2) is 36.6 Å². The molecule has 0 saturated heterocycles. The summed E-state index contributed by atoms with van der Waals surface area (Å²) in [5.74, 6) is -3.49. The highest BCUT2D eigenvalue weighted by molar-refractivity contribution is 6.02. The second kappa shape index (κ2) is 12.9. The Balaban J connectivity index is 2.79. The maximum absolute atomic E-state index is 12.9. The number of rotatable bonds is 15. The van der Waals surface area contributed by atoms with Crippen molar-refractivity contribution in [2.24, 2.45) is 16.7 Å². The molecule has 1 aromatic carbocycles. The standard InChI is InChI=1S/C26H36O9/c1-7-25(5,16-26(6,23(30)31)15-17(3)18(4)33-8-2)24(32)35-14-13-34-22(29)20-12-10-9-11-19(20)21(27)28/h9-12,17H,4,7-8,13-16H2,1-3,5-6H3,(H,27,28)(H,30,31). The van der Waals surface area contributed by atoms with Gasteiger partial charge in [-0.3, -0.25) is 9.59 Å². The number of ether oxygens (including phenoxy) is 3. The number of carboxylic acid groups (broad SMARTS) is 2. The number of esters is 2. The average molecular weight is 493 g/mol. The summed E-state index contributed by atoms with van der Waals surface area (Å²) in [5.41, 5.74) is -2.64. The molecule has 0 aliphatic carbocycles. The molecule has 1 aromatic rings. The summed E-state index contributed by atoms with van der Waals surface area (Å²) in [5, 5.41) is 19.1. The molecule has 194 valence electrons. The lowest BCUT2D eigenvalue weighted by Crippen LogP contribution is -2.40. The summed E-state index contributed by atoms with van der Waals surface area (Å²) in [6.07, 6.45) is 0.589. The van der Waals surface area contributed by atoms with Crippen LogP contribution in [0.3, 0.4) is 0 Å². The molecule has 0 heterocycles. The minimum atomic E-state index is -1.26. The van der Waals surface area contributed by atoms with E-state index in [0.29, 0.717) is 18.8 Å². The molecular formula is C26H36O9. The number of aliphatic carboxylic acids is 1. The molecule has 1 rings (SSSR count). The van der Waals surface area contributed by atoms with Gasteiger partial charge in [0.15, 0.2) is 0 Å². The van der Waals surface area contributed by atoms with Gasteiger partial charge in [-0.15, -0.1) is 0 Å². The molecule has 0 bridgehead atoms. The van der Waals surface area contributed by atoms with Gasteiger partial charge in [-0.1, -0.05) is 32.6 Å². The summed E-state index contributed by atoms with van der Waals surface area (Å²) >= 11 is 0. The molecule has 9 heteroatoms. The quantitative estimate of drug-likeness (QED) is 0.205. The highest BCUT2D eigenvalue weighted by Gasteiger charge is 2.45. The number of hydrogen-bond donors (Lipinski definition) is 2. The summed E-state index contributed by atoms with van der Waals surface area (Å²) in [7, 11) is 0. The summed E-state index contributed by atoms with van der Waals surface area (Å²) in [6.45, 7) is 12.4. The van der Waals surface area contributed by atoms with Crippen LogP contribution >= 0.6 is 0 Å². The van der Waals surface area contributed by atoms with Crippen molar-refractivity contribution in [1.29, 1.82) is 0 Å². The Morgan fingerprint density at radius 3 is 2.03 bits per heavy atom. The monoisotopic (exact) mass is 492 g/mol. The molecular weight excluding hydrogens is 456 g/mol. The van der Waals surface area contributed by atoms with E-state index in [0.717, 1.165) is 0 Å². The van der Waals surface area contributed by atoms with Crippen LogP contribution in [-0.4, -0.2) is 53.9 Å². The van der Waals surface area contributed by atoms with E-state index in [-0.39, 0.29) is 43.1 Å². The smallest absolute Gasteiger partial charge is 0.339 e.